The summed E-state index contributed by atoms with van der Waals surface area (Å²) in [5.41, 5.74) is 2.30. The van der Waals surface area contributed by atoms with Crippen LogP contribution >= 0.6 is 0 Å². The van der Waals surface area contributed by atoms with Gasteiger partial charge in [0.25, 0.3) is 5.91 Å². The van der Waals surface area contributed by atoms with Crippen molar-refractivity contribution in [3.63, 3.8) is 0 Å². The molecule has 1 fully saturated rings. The molecule has 6 nitrogen and oxygen atoms in total. The minimum atomic E-state index is -0.553. The molecule has 3 heterocycles. The molecule has 3 unspecified atom stereocenters. The number of aryl methyl sites for hydroxylation is 1. The molecular weight excluding hydrogens is 380 g/mol. The molecule has 30 heavy (non-hydrogen) atoms. The van der Waals surface area contributed by atoms with Crippen LogP contribution in [-0.2, 0) is 14.3 Å². The number of anilines is 1. The largest absolute Gasteiger partial charge is 0.497 e. The maximum Gasteiger partial charge on any atom is 0.295 e. The first-order chi connectivity index (χ1) is 14.6. The number of carbonyl (C=O) groups excluding carboxylic acids is 2. The lowest BCUT2D eigenvalue weighted by molar-refractivity contribution is -0.131. The Kier molecular flexibility index (Phi) is 4.57. The average Bonchev–Trinajstić information content (AvgIpc) is 3.06. The summed E-state index contributed by atoms with van der Waals surface area (Å²) in [7, 11) is 1.61. The van der Waals surface area contributed by atoms with E-state index in [4.69, 9.17) is 9.47 Å². The SMILES string of the molecule is COc1ccc(C2C3=C(OC4CCCCC4C3=O)C(=O)N2c2cc(C)ccn2)cc1. The van der Waals surface area contributed by atoms with Crippen molar-refractivity contribution < 1.29 is 19.1 Å². The van der Waals surface area contributed by atoms with Crippen molar-refractivity contribution in [2.45, 2.75) is 44.8 Å². The van der Waals surface area contributed by atoms with Gasteiger partial charge < -0.3 is 9.47 Å². The summed E-state index contributed by atoms with van der Waals surface area (Å²) < 4.78 is 11.5. The number of rotatable bonds is 3. The number of ether oxygens (including phenoxy) is 2. The lowest BCUT2D eigenvalue weighted by Crippen LogP contribution is -2.39. The molecule has 1 amide bonds. The van der Waals surface area contributed by atoms with Gasteiger partial charge in [0.05, 0.1) is 24.6 Å². The molecule has 0 bridgehead atoms. The van der Waals surface area contributed by atoms with Crippen LogP contribution in [0.2, 0.25) is 0 Å². The molecule has 0 N–H and O–H groups in total. The number of pyridine rings is 1. The van der Waals surface area contributed by atoms with Crippen molar-refractivity contribution >= 4 is 17.5 Å². The second-order valence-corrected chi connectivity index (χ2v) is 8.20. The molecule has 2 aromatic rings. The molecule has 5 rings (SSSR count). The number of ketones is 1. The van der Waals surface area contributed by atoms with Gasteiger partial charge in [0.2, 0.25) is 0 Å². The van der Waals surface area contributed by atoms with E-state index in [1.807, 2.05) is 43.3 Å². The fourth-order valence-corrected chi connectivity index (χ4v) is 4.83. The van der Waals surface area contributed by atoms with Gasteiger partial charge in [-0.05, 0) is 61.6 Å². The molecule has 154 valence electrons. The molecule has 1 aromatic carbocycles. The van der Waals surface area contributed by atoms with Crippen LogP contribution in [0, 0.1) is 12.8 Å². The van der Waals surface area contributed by atoms with Crippen LogP contribution in [0.15, 0.2) is 53.9 Å². The van der Waals surface area contributed by atoms with Gasteiger partial charge in [-0.25, -0.2) is 4.98 Å². The third-order valence-electron chi connectivity index (χ3n) is 6.34. The summed E-state index contributed by atoms with van der Waals surface area (Å²) in [6.07, 6.45) is 5.15. The molecule has 1 saturated carbocycles. The number of amides is 1. The highest BCUT2D eigenvalue weighted by Gasteiger charge is 2.52. The molecule has 6 heteroatoms. The van der Waals surface area contributed by atoms with E-state index in [1.54, 1.807) is 18.2 Å². The number of carbonyl (C=O) groups is 2. The Morgan fingerprint density at radius 3 is 2.60 bits per heavy atom. The van der Waals surface area contributed by atoms with E-state index in [0.29, 0.717) is 11.4 Å². The van der Waals surface area contributed by atoms with Crippen LogP contribution in [0.25, 0.3) is 0 Å². The first kappa shape index (κ1) is 18.9. The van der Waals surface area contributed by atoms with Gasteiger partial charge in [0.15, 0.2) is 11.5 Å². The van der Waals surface area contributed by atoms with Crippen molar-refractivity contribution in [1.29, 1.82) is 0 Å². The topological polar surface area (TPSA) is 68.7 Å². The number of benzene rings is 1. The minimum absolute atomic E-state index is 0.0465. The Labute approximate surface area is 175 Å². The van der Waals surface area contributed by atoms with Crippen LogP contribution in [-0.4, -0.2) is 29.9 Å². The molecule has 0 radical (unpaired) electrons. The summed E-state index contributed by atoms with van der Waals surface area (Å²) >= 11 is 0. The van der Waals surface area contributed by atoms with Crippen LogP contribution in [0.5, 0.6) is 5.75 Å². The van der Waals surface area contributed by atoms with Crippen molar-refractivity contribution in [2.24, 2.45) is 5.92 Å². The zero-order valence-electron chi connectivity index (χ0n) is 17.1. The summed E-state index contributed by atoms with van der Waals surface area (Å²) in [5, 5.41) is 0. The highest BCUT2D eigenvalue weighted by molar-refractivity contribution is 6.17. The molecule has 3 aliphatic rings. The van der Waals surface area contributed by atoms with Gasteiger partial charge in [-0.15, -0.1) is 0 Å². The van der Waals surface area contributed by atoms with E-state index in [9.17, 15) is 9.59 Å². The van der Waals surface area contributed by atoms with Crippen molar-refractivity contribution in [3.8, 4) is 5.75 Å². The van der Waals surface area contributed by atoms with Gasteiger partial charge in [-0.1, -0.05) is 18.6 Å². The van der Waals surface area contributed by atoms with Crippen LogP contribution < -0.4 is 9.64 Å². The monoisotopic (exact) mass is 404 g/mol. The van der Waals surface area contributed by atoms with E-state index < -0.39 is 6.04 Å². The normalized spacial score (nSPS) is 25.7. The smallest absolute Gasteiger partial charge is 0.295 e. The Hall–Kier alpha value is -3.15. The molecule has 1 aliphatic carbocycles. The quantitative estimate of drug-likeness (QED) is 0.776. The van der Waals surface area contributed by atoms with Crippen molar-refractivity contribution in [2.75, 3.05) is 12.0 Å². The zero-order valence-corrected chi connectivity index (χ0v) is 17.1. The summed E-state index contributed by atoms with van der Waals surface area (Å²) in [6, 6.07) is 10.7. The lowest BCUT2D eigenvalue weighted by atomic mass is 9.77. The number of hydrogen-bond acceptors (Lipinski definition) is 5. The molecule has 3 atom stereocenters. The first-order valence-corrected chi connectivity index (χ1v) is 10.4. The number of methoxy groups -OCH3 is 1. The van der Waals surface area contributed by atoms with Crippen LogP contribution in [0.1, 0.15) is 42.9 Å². The van der Waals surface area contributed by atoms with E-state index in [-0.39, 0.29) is 29.5 Å². The molecule has 2 aliphatic heterocycles. The molecule has 1 aromatic heterocycles. The lowest BCUT2D eigenvalue weighted by Gasteiger charge is -2.35. The molecule has 0 saturated heterocycles. The molecular formula is C24H24N2O4. The van der Waals surface area contributed by atoms with Gasteiger partial charge in [0.1, 0.15) is 17.7 Å². The summed E-state index contributed by atoms with van der Waals surface area (Å²) in [5.74, 6) is 1.03. The van der Waals surface area contributed by atoms with E-state index >= 15 is 0 Å². The Bertz CT molecular complexity index is 1040. The third-order valence-corrected chi connectivity index (χ3v) is 6.34. The minimum Gasteiger partial charge on any atom is -0.497 e. The number of hydrogen-bond donors (Lipinski definition) is 0. The van der Waals surface area contributed by atoms with E-state index in [2.05, 4.69) is 4.98 Å². The number of Topliss-reactive ketones (excluding diaryl/α,β-unsaturated/α-hetero) is 1. The van der Waals surface area contributed by atoms with Gasteiger partial charge in [-0.2, -0.15) is 0 Å². The van der Waals surface area contributed by atoms with Crippen molar-refractivity contribution in [1.82, 2.24) is 4.98 Å². The Balaban J connectivity index is 1.65. The highest BCUT2D eigenvalue weighted by Crippen LogP contribution is 2.48. The Morgan fingerprint density at radius 2 is 1.87 bits per heavy atom. The highest BCUT2D eigenvalue weighted by atomic mass is 16.5. The number of aromatic nitrogens is 1. The second kappa shape index (κ2) is 7.27. The third kappa shape index (κ3) is 2.90. The zero-order chi connectivity index (χ0) is 20.8. The number of fused-ring (bicyclic) bond motifs is 1. The van der Waals surface area contributed by atoms with Crippen LogP contribution in [0.3, 0.4) is 0 Å². The summed E-state index contributed by atoms with van der Waals surface area (Å²) in [6.45, 7) is 1.96. The van der Waals surface area contributed by atoms with E-state index in [0.717, 1.165) is 42.6 Å². The average molecular weight is 404 g/mol. The van der Waals surface area contributed by atoms with Gasteiger partial charge in [0, 0.05) is 6.20 Å². The maximum absolute atomic E-state index is 13.6. The van der Waals surface area contributed by atoms with Gasteiger partial charge >= 0.3 is 0 Å². The standard InChI is InChI=1S/C24H24N2O4/c1-14-11-12-25-19(13-14)26-21(15-7-9-16(29-2)10-8-15)20-22(27)17-5-3-4-6-18(17)30-23(20)24(26)28/h7-13,17-18,21H,3-6H2,1-2H3. The second-order valence-electron chi connectivity index (χ2n) is 8.20. The maximum atomic E-state index is 13.6. The Morgan fingerprint density at radius 1 is 1.10 bits per heavy atom. The van der Waals surface area contributed by atoms with E-state index in [1.165, 1.54) is 0 Å². The van der Waals surface area contributed by atoms with Crippen molar-refractivity contribution in [3.05, 3.63) is 65.1 Å². The van der Waals surface area contributed by atoms with Gasteiger partial charge in [-0.3, -0.25) is 14.5 Å². The fraction of sp³-hybridized carbons (Fsp3) is 0.375. The molecule has 0 spiro atoms. The first-order valence-electron chi connectivity index (χ1n) is 10.4. The predicted octanol–water partition coefficient (Wildman–Crippen LogP) is 3.90. The fourth-order valence-electron chi connectivity index (χ4n) is 4.83. The summed E-state index contributed by atoms with van der Waals surface area (Å²) in [4.78, 5) is 33.1. The predicted molar refractivity (Wildman–Crippen MR) is 111 cm³/mol. The number of nitrogens with zero attached hydrogens (tertiary/aromatic N) is 2. The van der Waals surface area contributed by atoms with Crippen LogP contribution in [0.4, 0.5) is 5.82 Å².